The fourth-order valence-corrected chi connectivity index (χ4v) is 0.775. The lowest BCUT2D eigenvalue weighted by Crippen LogP contribution is -2.08. The molecule has 0 spiro atoms. The zero-order valence-corrected chi connectivity index (χ0v) is 5.55. The number of ether oxygens (including phenoxy) is 1. The van der Waals surface area contributed by atoms with Crippen LogP contribution in [-0.2, 0) is 14.3 Å². The number of carbonyl (C=O) groups is 2. The van der Waals surface area contributed by atoms with Gasteiger partial charge < -0.3 is 4.74 Å². The van der Waals surface area contributed by atoms with Gasteiger partial charge in [-0.2, -0.15) is 0 Å². The summed E-state index contributed by atoms with van der Waals surface area (Å²) in [6, 6.07) is 0. The van der Waals surface area contributed by atoms with Gasteiger partial charge in [0.25, 0.3) is 0 Å². The molecular weight excluding hydrogens is 132 g/mol. The van der Waals surface area contributed by atoms with Crippen LogP contribution >= 0.6 is 0 Å². The van der Waals surface area contributed by atoms with E-state index in [0.29, 0.717) is 24.8 Å². The number of esters is 2. The maximum absolute atomic E-state index is 10.7. The molecule has 0 aromatic heterocycles. The molecule has 3 nitrogen and oxygen atoms in total. The third-order valence-corrected chi connectivity index (χ3v) is 1.35. The highest BCUT2D eigenvalue weighted by Crippen LogP contribution is 2.12. The standard InChI is InChI=1S/C7H8O3/c1-5-3-2-4-6(8)10-7(5)9/h1-4H2. The van der Waals surface area contributed by atoms with E-state index in [-0.39, 0.29) is 0 Å². The van der Waals surface area contributed by atoms with Crippen molar-refractivity contribution in [3.63, 3.8) is 0 Å². The SMILES string of the molecule is C=C1CCCC(=O)OC1=O. The Morgan fingerprint density at radius 2 is 2.00 bits per heavy atom. The molecule has 0 saturated carbocycles. The van der Waals surface area contributed by atoms with Crippen LogP contribution in [0.3, 0.4) is 0 Å². The highest BCUT2D eigenvalue weighted by atomic mass is 16.6. The van der Waals surface area contributed by atoms with Gasteiger partial charge in [0.1, 0.15) is 0 Å². The van der Waals surface area contributed by atoms with E-state index >= 15 is 0 Å². The van der Waals surface area contributed by atoms with Crippen LogP contribution in [-0.4, -0.2) is 11.9 Å². The van der Waals surface area contributed by atoms with E-state index in [4.69, 9.17) is 0 Å². The molecular formula is C7H8O3. The van der Waals surface area contributed by atoms with Crippen molar-refractivity contribution in [2.45, 2.75) is 19.3 Å². The Kier molecular flexibility index (Phi) is 1.85. The molecule has 1 aliphatic rings. The van der Waals surface area contributed by atoms with Crippen molar-refractivity contribution in [1.29, 1.82) is 0 Å². The topological polar surface area (TPSA) is 43.4 Å². The summed E-state index contributed by atoms with van der Waals surface area (Å²) in [5.74, 6) is -1.01. The van der Waals surface area contributed by atoms with Crippen molar-refractivity contribution in [2.75, 3.05) is 0 Å². The molecule has 54 valence electrons. The summed E-state index contributed by atoms with van der Waals surface area (Å²) in [5, 5.41) is 0. The highest BCUT2D eigenvalue weighted by molar-refractivity contribution is 5.96. The molecule has 0 bridgehead atoms. The summed E-state index contributed by atoms with van der Waals surface area (Å²) in [6.07, 6.45) is 1.57. The van der Waals surface area contributed by atoms with E-state index in [1.54, 1.807) is 0 Å². The monoisotopic (exact) mass is 140 g/mol. The van der Waals surface area contributed by atoms with Crippen molar-refractivity contribution in [3.8, 4) is 0 Å². The lowest BCUT2D eigenvalue weighted by atomic mass is 10.1. The summed E-state index contributed by atoms with van der Waals surface area (Å²) in [4.78, 5) is 21.2. The Morgan fingerprint density at radius 1 is 1.30 bits per heavy atom. The summed E-state index contributed by atoms with van der Waals surface area (Å²) in [5.41, 5.74) is 0.394. The molecule has 0 amide bonds. The number of hydrogen-bond acceptors (Lipinski definition) is 3. The number of cyclic esters (lactones) is 2. The molecule has 3 heteroatoms. The molecule has 0 aromatic rings. The van der Waals surface area contributed by atoms with Crippen LogP contribution in [0.5, 0.6) is 0 Å². The molecule has 1 rings (SSSR count). The first-order valence-electron chi connectivity index (χ1n) is 3.13. The summed E-state index contributed by atoms with van der Waals surface area (Å²) < 4.78 is 4.35. The van der Waals surface area contributed by atoms with E-state index in [1.165, 1.54) is 0 Å². The van der Waals surface area contributed by atoms with Crippen molar-refractivity contribution in [3.05, 3.63) is 12.2 Å². The Balaban J connectivity index is 2.66. The molecule has 1 saturated heterocycles. The fraction of sp³-hybridized carbons (Fsp3) is 0.429. The summed E-state index contributed by atoms with van der Waals surface area (Å²) in [7, 11) is 0. The second-order valence-corrected chi connectivity index (χ2v) is 2.22. The second kappa shape index (κ2) is 2.64. The van der Waals surface area contributed by atoms with Gasteiger partial charge in [-0.05, 0) is 12.8 Å². The van der Waals surface area contributed by atoms with Crippen molar-refractivity contribution >= 4 is 11.9 Å². The molecule has 0 aliphatic carbocycles. The van der Waals surface area contributed by atoms with Gasteiger partial charge in [-0.3, -0.25) is 4.79 Å². The van der Waals surface area contributed by atoms with Crippen molar-refractivity contribution in [2.24, 2.45) is 0 Å². The molecule has 0 aromatic carbocycles. The van der Waals surface area contributed by atoms with Gasteiger partial charge in [-0.25, -0.2) is 4.79 Å². The summed E-state index contributed by atoms with van der Waals surface area (Å²) >= 11 is 0. The van der Waals surface area contributed by atoms with Gasteiger partial charge >= 0.3 is 11.9 Å². The van der Waals surface area contributed by atoms with Crippen LogP contribution in [0.4, 0.5) is 0 Å². The van der Waals surface area contributed by atoms with Gasteiger partial charge in [-0.15, -0.1) is 0 Å². The molecule has 0 atom stereocenters. The molecule has 0 radical (unpaired) electrons. The maximum atomic E-state index is 10.7. The Labute approximate surface area is 58.7 Å². The first-order valence-corrected chi connectivity index (χ1v) is 3.13. The first kappa shape index (κ1) is 6.99. The Bertz CT molecular complexity index is 193. The van der Waals surface area contributed by atoms with Crippen LogP contribution in [0.2, 0.25) is 0 Å². The Morgan fingerprint density at radius 3 is 2.70 bits per heavy atom. The number of carbonyl (C=O) groups excluding carboxylic acids is 2. The van der Waals surface area contributed by atoms with Crippen molar-refractivity contribution < 1.29 is 14.3 Å². The van der Waals surface area contributed by atoms with Gasteiger partial charge in [0.05, 0.1) is 0 Å². The van der Waals surface area contributed by atoms with E-state index in [9.17, 15) is 9.59 Å². The maximum Gasteiger partial charge on any atom is 0.341 e. The highest BCUT2D eigenvalue weighted by Gasteiger charge is 2.17. The van der Waals surface area contributed by atoms with Crippen LogP contribution in [0.1, 0.15) is 19.3 Å². The van der Waals surface area contributed by atoms with Gasteiger partial charge in [0, 0.05) is 12.0 Å². The Hall–Kier alpha value is -1.12. The third-order valence-electron chi connectivity index (χ3n) is 1.35. The molecule has 1 heterocycles. The summed E-state index contributed by atoms with van der Waals surface area (Å²) in [6.45, 7) is 3.46. The average Bonchev–Trinajstić information content (AvgIpc) is 1.96. The first-order chi connectivity index (χ1) is 4.70. The smallest absolute Gasteiger partial charge is 0.341 e. The van der Waals surface area contributed by atoms with Gasteiger partial charge in [0.2, 0.25) is 0 Å². The lowest BCUT2D eigenvalue weighted by molar-refractivity contribution is -0.156. The largest absolute Gasteiger partial charge is 0.390 e. The average molecular weight is 140 g/mol. The van der Waals surface area contributed by atoms with E-state index < -0.39 is 11.9 Å². The predicted octanol–water partition coefficient (Wildman–Crippen LogP) is 0.796. The minimum Gasteiger partial charge on any atom is -0.390 e. The number of rotatable bonds is 0. The van der Waals surface area contributed by atoms with Crippen molar-refractivity contribution in [1.82, 2.24) is 0 Å². The fourth-order valence-electron chi connectivity index (χ4n) is 0.775. The van der Waals surface area contributed by atoms with E-state index in [0.717, 1.165) is 0 Å². The number of hydrogen-bond donors (Lipinski definition) is 0. The predicted molar refractivity (Wildman–Crippen MR) is 34.1 cm³/mol. The second-order valence-electron chi connectivity index (χ2n) is 2.22. The van der Waals surface area contributed by atoms with Crippen LogP contribution in [0, 0.1) is 0 Å². The zero-order chi connectivity index (χ0) is 7.56. The van der Waals surface area contributed by atoms with Gasteiger partial charge in [0.15, 0.2) is 0 Å². The van der Waals surface area contributed by atoms with E-state index in [1.807, 2.05) is 0 Å². The van der Waals surface area contributed by atoms with Gasteiger partial charge in [-0.1, -0.05) is 6.58 Å². The normalized spacial score (nSPS) is 20.2. The minimum atomic E-state index is -0.567. The van der Waals surface area contributed by atoms with Crippen LogP contribution in [0.15, 0.2) is 12.2 Å². The molecule has 1 aliphatic heterocycles. The molecule has 0 N–H and O–H groups in total. The third kappa shape index (κ3) is 1.43. The molecule has 0 unspecified atom stereocenters. The lowest BCUT2D eigenvalue weighted by Gasteiger charge is -1.95. The molecule has 1 fully saturated rings. The zero-order valence-electron chi connectivity index (χ0n) is 5.55. The molecule has 10 heavy (non-hydrogen) atoms. The quantitative estimate of drug-likeness (QED) is 0.284. The minimum absolute atomic E-state index is 0.324. The van der Waals surface area contributed by atoms with Crippen LogP contribution < -0.4 is 0 Å². The van der Waals surface area contributed by atoms with E-state index in [2.05, 4.69) is 11.3 Å². The van der Waals surface area contributed by atoms with Crippen LogP contribution in [0.25, 0.3) is 0 Å².